The Labute approximate surface area is 194 Å². The highest BCUT2D eigenvalue weighted by atomic mass is 32.1. The summed E-state index contributed by atoms with van der Waals surface area (Å²) in [6, 6.07) is 8.59. The fourth-order valence-corrected chi connectivity index (χ4v) is 4.39. The van der Waals surface area contributed by atoms with Crippen LogP contribution in [-0.2, 0) is 9.53 Å². The van der Waals surface area contributed by atoms with Crippen LogP contribution in [0.4, 0.5) is 20.6 Å². The Balaban J connectivity index is 1.35. The number of cyclic esters (lactones) is 1. The SMILES string of the molecule is O=C(/C=C/c1cccs1)N1CCN(c2ccc(N3C[C@H](CN=C=S)OC3=O)cc2F)CC1. The molecule has 0 saturated carbocycles. The van der Waals surface area contributed by atoms with Gasteiger partial charge in [-0.3, -0.25) is 9.69 Å². The normalized spacial score (nSPS) is 18.7. The molecule has 1 aromatic heterocycles. The van der Waals surface area contributed by atoms with Crippen molar-refractivity contribution in [3.63, 3.8) is 0 Å². The molecule has 2 aliphatic rings. The third kappa shape index (κ3) is 5.04. The number of isothiocyanates is 1. The number of aliphatic imine (C=N–C) groups is 1. The summed E-state index contributed by atoms with van der Waals surface area (Å²) in [4.78, 5) is 34.4. The monoisotopic (exact) mass is 472 g/mol. The number of anilines is 2. The van der Waals surface area contributed by atoms with E-state index in [1.807, 2.05) is 28.5 Å². The van der Waals surface area contributed by atoms with E-state index >= 15 is 0 Å². The maximum Gasteiger partial charge on any atom is 0.414 e. The zero-order chi connectivity index (χ0) is 22.5. The summed E-state index contributed by atoms with van der Waals surface area (Å²) >= 11 is 6.11. The molecule has 0 N–H and O–H groups in total. The van der Waals surface area contributed by atoms with Gasteiger partial charge >= 0.3 is 6.09 Å². The highest BCUT2D eigenvalue weighted by Gasteiger charge is 2.33. The molecule has 2 aliphatic heterocycles. The molecule has 1 aromatic carbocycles. The predicted molar refractivity (Wildman–Crippen MR) is 126 cm³/mol. The average Bonchev–Trinajstić information content (AvgIpc) is 3.45. The van der Waals surface area contributed by atoms with Gasteiger partial charge in [0, 0.05) is 37.1 Å². The van der Waals surface area contributed by atoms with Gasteiger partial charge in [-0.05, 0) is 47.9 Å². The van der Waals surface area contributed by atoms with E-state index in [0.29, 0.717) is 37.6 Å². The molecule has 0 aliphatic carbocycles. The van der Waals surface area contributed by atoms with Crippen molar-refractivity contribution in [2.45, 2.75) is 6.10 Å². The molecule has 3 heterocycles. The number of halogens is 1. The van der Waals surface area contributed by atoms with Crippen LogP contribution in [0.1, 0.15) is 4.88 Å². The van der Waals surface area contributed by atoms with E-state index in [1.165, 1.54) is 11.0 Å². The Bertz CT molecular complexity index is 1060. The van der Waals surface area contributed by atoms with Crippen LogP contribution in [0.2, 0.25) is 0 Å². The molecular weight excluding hydrogens is 451 g/mol. The summed E-state index contributed by atoms with van der Waals surface area (Å²) in [7, 11) is 0. The van der Waals surface area contributed by atoms with E-state index in [0.717, 1.165) is 4.88 Å². The summed E-state index contributed by atoms with van der Waals surface area (Å²) in [5.41, 5.74) is 0.877. The summed E-state index contributed by atoms with van der Waals surface area (Å²) in [6.07, 6.45) is 2.43. The molecule has 7 nitrogen and oxygen atoms in total. The number of amides is 2. The molecule has 10 heteroatoms. The molecule has 32 heavy (non-hydrogen) atoms. The van der Waals surface area contributed by atoms with Crippen molar-refractivity contribution in [2.75, 3.05) is 49.1 Å². The summed E-state index contributed by atoms with van der Waals surface area (Å²) in [5, 5.41) is 4.21. The zero-order valence-corrected chi connectivity index (χ0v) is 18.8. The van der Waals surface area contributed by atoms with E-state index in [1.54, 1.807) is 34.4 Å². The first-order valence-corrected chi connectivity index (χ1v) is 11.4. The predicted octanol–water partition coefficient (Wildman–Crippen LogP) is 3.68. The number of piperazine rings is 1. The van der Waals surface area contributed by atoms with Crippen LogP contribution in [-0.4, -0.2) is 67.4 Å². The highest BCUT2D eigenvalue weighted by molar-refractivity contribution is 7.78. The molecule has 2 amide bonds. The first kappa shape index (κ1) is 22.1. The van der Waals surface area contributed by atoms with E-state index in [9.17, 15) is 14.0 Å². The number of ether oxygens (including phenoxy) is 1. The second kappa shape index (κ2) is 10.0. The number of thiophene rings is 1. The number of carbonyl (C=O) groups is 2. The second-order valence-corrected chi connectivity index (χ2v) is 8.51. The van der Waals surface area contributed by atoms with Crippen molar-refractivity contribution >= 4 is 58.2 Å². The van der Waals surface area contributed by atoms with Crippen molar-refractivity contribution in [1.29, 1.82) is 0 Å². The van der Waals surface area contributed by atoms with Crippen LogP contribution in [0.15, 0.2) is 46.8 Å². The van der Waals surface area contributed by atoms with Gasteiger partial charge in [0.25, 0.3) is 0 Å². The summed E-state index contributed by atoms with van der Waals surface area (Å²) in [6.45, 7) is 2.58. The minimum atomic E-state index is -0.538. The lowest BCUT2D eigenvalue weighted by Gasteiger charge is -2.36. The minimum absolute atomic E-state index is 0.0473. The molecule has 2 aromatic rings. The van der Waals surface area contributed by atoms with Crippen molar-refractivity contribution in [1.82, 2.24) is 4.90 Å². The van der Waals surface area contributed by atoms with Gasteiger partial charge in [0.05, 0.1) is 29.6 Å². The first-order valence-electron chi connectivity index (χ1n) is 10.1. The lowest BCUT2D eigenvalue weighted by Crippen LogP contribution is -2.48. The molecule has 0 spiro atoms. The van der Waals surface area contributed by atoms with Crippen LogP contribution < -0.4 is 9.80 Å². The van der Waals surface area contributed by atoms with Crippen LogP contribution in [0.5, 0.6) is 0 Å². The van der Waals surface area contributed by atoms with Crippen LogP contribution in [0, 0.1) is 5.82 Å². The Morgan fingerprint density at radius 3 is 2.81 bits per heavy atom. The number of thiocarbonyl (C=S) groups is 1. The van der Waals surface area contributed by atoms with E-state index in [4.69, 9.17) is 4.74 Å². The number of rotatable bonds is 6. The molecule has 1 atom stereocenters. The standard InChI is InChI=1S/C22H21FN4O3S2/c23-19-12-16(27-14-17(13-24-15-31)30-22(27)29)3-5-20(19)25-7-9-26(10-8-25)21(28)6-4-18-2-1-11-32-18/h1-6,11-12,17H,7-10,13-14H2/b6-4+/t17-/m0/s1. The molecule has 0 bridgehead atoms. The molecule has 0 radical (unpaired) electrons. The largest absolute Gasteiger partial charge is 0.442 e. The first-order chi connectivity index (χ1) is 15.5. The smallest absolute Gasteiger partial charge is 0.414 e. The number of carbonyl (C=O) groups excluding carboxylic acids is 2. The van der Waals surface area contributed by atoms with Gasteiger partial charge in [0.1, 0.15) is 11.9 Å². The van der Waals surface area contributed by atoms with Gasteiger partial charge in [-0.1, -0.05) is 6.07 Å². The number of hydrogen-bond acceptors (Lipinski definition) is 7. The summed E-state index contributed by atoms with van der Waals surface area (Å²) < 4.78 is 20.1. The Morgan fingerprint density at radius 2 is 2.12 bits per heavy atom. The Kier molecular flexibility index (Phi) is 6.94. The van der Waals surface area contributed by atoms with Gasteiger partial charge in [-0.2, -0.15) is 0 Å². The highest BCUT2D eigenvalue weighted by Crippen LogP contribution is 2.28. The number of nitrogens with zero attached hydrogens (tertiary/aromatic N) is 4. The van der Waals surface area contributed by atoms with Gasteiger partial charge in [-0.25, -0.2) is 14.2 Å². The van der Waals surface area contributed by atoms with E-state index in [2.05, 4.69) is 22.4 Å². The van der Waals surface area contributed by atoms with Crippen molar-refractivity contribution in [3.05, 3.63) is 52.5 Å². The van der Waals surface area contributed by atoms with Gasteiger partial charge in [0.15, 0.2) is 0 Å². The topological polar surface area (TPSA) is 65.5 Å². The molecule has 2 fully saturated rings. The van der Waals surface area contributed by atoms with E-state index in [-0.39, 0.29) is 19.0 Å². The lowest BCUT2D eigenvalue weighted by molar-refractivity contribution is -0.126. The van der Waals surface area contributed by atoms with Gasteiger partial charge in [-0.15, -0.1) is 11.3 Å². The number of benzene rings is 1. The fraction of sp³-hybridized carbons (Fsp3) is 0.318. The zero-order valence-electron chi connectivity index (χ0n) is 17.1. The number of hydrogen-bond donors (Lipinski definition) is 0. The average molecular weight is 473 g/mol. The van der Waals surface area contributed by atoms with Crippen LogP contribution >= 0.6 is 23.6 Å². The Morgan fingerprint density at radius 1 is 1.31 bits per heavy atom. The van der Waals surface area contributed by atoms with Crippen molar-refractivity contribution in [3.8, 4) is 0 Å². The molecule has 4 rings (SSSR count). The van der Waals surface area contributed by atoms with Crippen LogP contribution in [0.3, 0.4) is 0 Å². The van der Waals surface area contributed by atoms with E-state index < -0.39 is 18.0 Å². The molecule has 2 saturated heterocycles. The molecular formula is C22H21FN4O3S2. The van der Waals surface area contributed by atoms with Crippen LogP contribution in [0.25, 0.3) is 6.08 Å². The van der Waals surface area contributed by atoms with Gasteiger partial charge < -0.3 is 14.5 Å². The quantitative estimate of drug-likeness (QED) is 0.365. The van der Waals surface area contributed by atoms with Gasteiger partial charge in [0.2, 0.25) is 5.91 Å². The third-order valence-corrected chi connectivity index (χ3v) is 6.31. The maximum atomic E-state index is 14.9. The molecule has 0 unspecified atom stereocenters. The van der Waals surface area contributed by atoms with Crippen molar-refractivity contribution in [2.24, 2.45) is 4.99 Å². The maximum absolute atomic E-state index is 14.9. The lowest BCUT2D eigenvalue weighted by atomic mass is 10.2. The fourth-order valence-electron chi connectivity index (χ4n) is 3.70. The second-order valence-electron chi connectivity index (χ2n) is 7.35. The Hall–Kier alpha value is -3.07. The third-order valence-electron chi connectivity index (χ3n) is 5.34. The summed E-state index contributed by atoms with van der Waals surface area (Å²) in [5.74, 6) is -0.470. The van der Waals surface area contributed by atoms with Crippen molar-refractivity contribution < 1.29 is 18.7 Å². The molecule has 166 valence electrons. The minimum Gasteiger partial charge on any atom is -0.442 e.